The second kappa shape index (κ2) is 7.31. The van der Waals surface area contributed by atoms with Crippen molar-refractivity contribution >= 4 is 23.8 Å². The van der Waals surface area contributed by atoms with Crippen LogP contribution < -0.4 is 10.2 Å². The van der Waals surface area contributed by atoms with Crippen LogP contribution in [0.15, 0.2) is 29.4 Å². The highest BCUT2D eigenvalue weighted by Crippen LogP contribution is 2.36. The Morgan fingerprint density at radius 3 is 2.48 bits per heavy atom. The number of urea groups is 1. The summed E-state index contributed by atoms with van der Waals surface area (Å²) in [6, 6.07) is 7.54. The highest BCUT2D eigenvalue weighted by molar-refractivity contribution is 6.07. The van der Waals surface area contributed by atoms with Crippen molar-refractivity contribution in [3.8, 4) is 0 Å². The number of benzene rings is 1. The largest absolute Gasteiger partial charge is 0.378 e. The van der Waals surface area contributed by atoms with E-state index in [2.05, 4.69) is 22.2 Å². The molecule has 2 saturated heterocycles. The van der Waals surface area contributed by atoms with E-state index in [1.807, 2.05) is 24.3 Å². The smallest absolute Gasteiger partial charge is 0.346 e. The predicted molar refractivity (Wildman–Crippen MR) is 103 cm³/mol. The highest BCUT2D eigenvalue weighted by Gasteiger charge is 2.52. The molecule has 144 valence electrons. The first kappa shape index (κ1) is 18.0. The maximum Gasteiger partial charge on any atom is 0.346 e. The zero-order chi connectivity index (χ0) is 18.9. The molecule has 7 heteroatoms. The molecule has 2 heterocycles. The molecule has 3 aliphatic rings. The van der Waals surface area contributed by atoms with Crippen molar-refractivity contribution < 1.29 is 14.3 Å². The number of carbonyl (C=O) groups excluding carboxylic acids is 2. The number of nitrogens with zero attached hydrogens (tertiary/aromatic N) is 3. The monoisotopic (exact) mass is 370 g/mol. The minimum absolute atomic E-state index is 0.222. The van der Waals surface area contributed by atoms with E-state index in [4.69, 9.17) is 4.74 Å². The summed E-state index contributed by atoms with van der Waals surface area (Å²) in [4.78, 5) is 27.3. The number of nitrogens with one attached hydrogen (secondary N) is 1. The molecule has 0 aromatic heterocycles. The molecule has 2 aliphatic heterocycles. The van der Waals surface area contributed by atoms with E-state index in [9.17, 15) is 9.59 Å². The SMILES string of the molecule is CC1CCC2(CC1)NC(=O)N(/N=C\c1ccc(N3CCOCC3)cc1)C2=O. The molecule has 3 fully saturated rings. The summed E-state index contributed by atoms with van der Waals surface area (Å²) in [5.41, 5.74) is 1.24. The first-order chi connectivity index (χ1) is 13.1. The first-order valence-electron chi connectivity index (χ1n) is 9.71. The van der Waals surface area contributed by atoms with Crippen LogP contribution in [-0.4, -0.2) is 55.0 Å². The van der Waals surface area contributed by atoms with Crippen molar-refractivity contribution in [3.05, 3.63) is 29.8 Å². The van der Waals surface area contributed by atoms with Crippen LogP contribution in [0.5, 0.6) is 0 Å². The van der Waals surface area contributed by atoms with Crippen molar-refractivity contribution in [1.29, 1.82) is 0 Å². The second-order valence-corrected chi connectivity index (χ2v) is 7.75. The lowest BCUT2D eigenvalue weighted by molar-refractivity contribution is -0.132. The van der Waals surface area contributed by atoms with Gasteiger partial charge in [0.1, 0.15) is 5.54 Å². The molecular formula is C20H26N4O3. The van der Waals surface area contributed by atoms with Crippen LogP contribution >= 0.6 is 0 Å². The molecule has 0 radical (unpaired) electrons. The van der Waals surface area contributed by atoms with Gasteiger partial charge < -0.3 is 15.0 Å². The number of amides is 3. The number of anilines is 1. The Bertz CT molecular complexity index is 732. The molecule has 3 amide bonds. The molecular weight excluding hydrogens is 344 g/mol. The third-order valence-corrected chi connectivity index (χ3v) is 5.86. The molecule has 1 aromatic carbocycles. The molecule has 27 heavy (non-hydrogen) atoms. The van der Waals surface area contributed by atoms with Gasteiger partial charge in [-0.1, -0.05) is 19.1 Å². The molecule has 1 N–H and O–H groups in total. The standard InChI is InChI=1S/C20H26N4O3/c1-15-6-8-20(9-7-15)18(25)24(19(26)22-20)21-14-16-2-4-17(5-3-16)23-10-12-27-13-11-23/h2-5,14-15H,6-13H2,1H3,(H,22,26)/b21-14-. The fourth-order valence-corrected chi connectivity index (χ4v) is 4.02. The lowest BCUT2D eigenvalue weighted by Gasteiger charge is -2.33. The summed E-state index contributed by atoms with van der Waals surface area (Å²) in [7, 11) is 0. The van der Waals surface area contributed by atoms with Gasteiger partial charge in [-0.05, 0) is 49.3 Å². The van der Waals surface area contributed by atoms with Gasteiger partial charge in [0.05, 0.1) is 19.4 Å². The van der Waals surface area contributed by atoms with Crippen LogP contribution in [-0.2, 0) is 9.53 Å². The lowest BCUT2D eigenvalue weighted by atomic mass is 9.77. The lowest BCUT2D eigenvalue weighted by Crippen LogP contribution is -2.49. The number of hydrogen-bond acceptors (Lipinski definition) is 5. The van der Waals surface area contributed by atoms with E-state index in [-0.39, 0.29) is 5.91 Å². The van der Waals surface area contributed by atoms with E-state index < -0.39 is 11.6 Å². The topological polar surface area (TPSA) is 74.2 Å². The fraction of sp³-hybridized carbons (Fsp3) is 0.550. The Hall–Kier alpha value is -2.41. The van der Waals surface area contributed by atoms with Crippen LogP contribution in [0.1, 0.15) is 38.2 Å². The number of hydrogen-bond donors (Lipinski definition) is 1. The number of morpholine rings is 1. The average Bonchev–Trinajstić information content (AvgIpc) is 2.93. The van der Waals surface area contributed by atoms with Gasteiger partial charge in [0.2, 0.25) is 0 Å². The molecule has 0 unspecified atom stereocenters. The minimum atomic E-state index is -0.749. The molecule has 0 atom stereocenters. The van der Waals surface area contributed by atoms with Gasteiger partial charge in [-0.15, -0.1) is 5.01 Å². The van der Waals surface area contributed by atoms with E-state index in [1.165, 1.54) is 0 Å². The molecule has 1 aliphatic carbocycles. The maximum absolute atomic E-state index is 12.8. The van der Waals surface area contributed by atoms with Crippen molar-refractivity contribution in [2.24, 2.45) is 11.0 Å². The van der Waals surface area contributed by atoms with Gasteiger partial charge in [0.15, 0.2) is 0 Å². The van der Waals surface area contributed by atoms with Crippen LogP contribution in [0.3, 0.4) is 0 Å². The average molecular weight is 370 g/mol. The van der Waals surface area contributed by atoms with Crippen LogP contribution in [0.4, 0.5) is 10.5 Å². The Kier molecular flexibility index (Phi) is 4.86. The number of ether oxygens (including phenoxy) is 1. The molecule has 1 aromatic rings. The van der Waals surface area contributed by atoms with Gasteiger partial charge >= 0.3 is 6.03 Å². The van der Waals surface area contributed by atoms with Crippen molar-refractivity contribution in [1.82, 2.24) is 10.3 Å². The fourth-order valence-electron chi connectivity index (χ4n) is 4.02. The summed E-state index contributed by atoms with van der Waals surface area (Å²) in [6.45, 7) is 5.45. The molecule has 1 spiro atoms. The van der Waals surface area contributed by atoms with Crippen molar-refractivity contribution in [2.75, 3.05) is 31.2 Å². The third kappa shape index (κ3) is 3.56. The Morgan fingerprint density at radius 2 is 1.81 bits per heavy atom. The van der Waals surface area contributed by atoms with Crippen LogP contribution in [0, 0.1) is 5.92 Å². The van der Waals surface area contributed by atoms with E-state index in [1.54, 1.807) is 6.21 Å². The third-order valence-electron chi connectivity index (χ3n) is 5.86. The number of hydrazone groups is 1. The summed E-state index contributed by atoms with van der Waals surface area (Å²) in [5.74, 6) is 0.378. The Labute approximate surface area is 159 Å². The molecule has 0 bridgehead atoms. The van der Waals surface area contributed by atoms with E-state index >= 15 is 0 Å². The zero-order valence-electron chi connectivity index (χ0n) is 15.7. The number of rotatable bonds is 3. The summed E-state index contributed by atoms with van der Waals surface area (Å²) < 4.78 is 5.38. The summed E-state index contributed by atoms with van der Waals surface area (Å²) in [5, 5.41) is 8.05. The van der Waals surface area contributed by atoms with Gasteiger partial charge in [-0.2, -0.15) is 5.10 Å². The molecule has 7 nitrogen and oxygen atoms in total. The second-order valence-electron chi connectivity index (χ2n) is 7.75. The van der Waals surface area contributed by atoms with Gasteiger partial charge in [0.25, 0.3) is 5.91 Å². The normalized spacial score (nSPS) is 29.0. The number of carbonyl (C=O) groups is 2. The van der Waals surface area contributed by atoms with E-state index in [0.717, 1.165) is 55.4 Å². The number of imide groups is 1. The Balaban J connectivity index is 1.43. The van der Waals surface area contributed by atoms with Gasteiger partial charge in [-0.25, -0.2) is 4.79 Å². The summed E-state index contributed by atoms with van der Waals surface area (Å²) in [6.07, 6.45) is 4.86. The first-order valence-corrected chi connectivity index (χ1v) is 9.71. The maximum atomic E-state index is 12.8. The van der Waals surface area contributed by atoms with Crippen molar-refractivity contribution in [3.63, 3.8) is 0 Å². The zero-order valence-corrected chi connectivity index (χ0v) is 15.7. The highest BCUT2D eigenvalue weighted by atomic mass is 16.5. The Morgan fingerprint density at radius 1 is 1.15 bits per heavy atom. The van der Waals surface area contributed by atoms with Gasteiger partial charge in [-0.3, -0.25) is 4.79 Å². The predicted octanol–water partition coefficient (Wildman–Crippen LogP) is 2.36. The quantitative estimate of drug-likeness (QED) is 0.655. The van der Waals surface area contributed by atoms with Crippen molar-refractivity contribution in [2.45, 2.75) is 38.1 Å². The molecule has 1 saturated carbocycles. The van der Waals surface area contributed by atoms with Gasteiger partial charge in [0, 0.05) is 18.8 Å². The minimum Gasteiger partial charge on any atom is -0.378 e. The van der Waals surface area contributed by atoms with E-state index in [0.29, 0.717) is 18.8 Å². The summed E-state index contributed by atoms with van der Waals surface area (Å²) >= 11 is 0. The van der Waals surface area contributed by atoms with Crippen LogP contribution in [0.25, 0.3) is 0 Å². The molecule has 4 rings (SSSR count). The van der Waals surface area contributed by atoms with Crippen LogP contribution in [0.2, 0.25) is 0 Å².